The Kier molecular flexibility index (Phi) is 4.59. The predicted molar refractivity (Wildman–Crippen MR) is 63.3 cm³/mol. The van der Waals surface area contributed by atoms with Gasteiger partial charge in [0.15, 0.2) is 11.5 Å². The van der Waals surface area contributed by atoms with Crippen molar-refractivity contribution in [2.75, 3.05) is 33.2 Å². The molecule has 4 N–H and O–H groups in total. The van der Waals surface area contributed by atoms with Gasteiger partial charge in [-0.1, -0.05) is 0 Å². The number of hydrogen-bond donors (Lipinski definition) is 2. The summed E-state index contributed by atoms with van der Waals surface area (Å²) < 4.78 is 15.4. The van der Waals surface area contributed by atoms with Crippen molar-refractivity contribution in [2.45, 2.75) is 0 Å². The normalized spacial score (nSPS) is 10.0. The fourth-order valence-corrected chi connectivity index (χ4v) is 1.35. The molecule has 0 heterocycles. The van der Waals surface area contributed by atoms with Crippen LogP contribution in [0.4, 0.5) is 5.69 Å². The minimum absolute atomic E-state index is 0.176. The average molecular weight is 240 g/mol. The van der Waals surface area contributed by atoms with Crippen molar-refractivity contribution < 1.29 is 19.0 Å². The molecule has 6 nitrogen and oxygen atoms in total. The molecule has 0 saturated carbocycles. The lowest BCUT2D eigenvalue weighted by Crippen LogP contribution is -2.15. The molecule has 0 aliphatic rings. The van der Waals surface area contributed by atoms with E-state index in [1.54, 1.807) is 13.2 Å². The molecule has 0 spiro atoms. The summed E-state index contributed by atoms with van der Waals surface area (Å²) in [6.45, 7) is 0.808. The van der Waals surface area contributed by atoms with Crippen LogP contribution in [0.3, 0.4) is 0 Å². The van der Waals surface area contributed by atoms with Crippen LogP contribution in [0.1, 0.15) is 10.4 Å². The Balaban J connectivity index is 2.99. The molecule has 0 aliphatic heterocycles. The molecule has 1 rings (SSSR count). The molecule has 0 radical (unpaired) electrons. The fraction of sp³-hybridized carbons (Fsp3) is 0.364. The zero-order valence-corrected chi connectivity index (χ0v) is 9.86. The van der Waals surface area contributed by atoms with Crippen LogP contribution >= 0.6 is 0 Å². The summed E-state index contributed by atoms with van der Waals surface area (Å²) >= 11 is 0. The van der Waals surface area contributed by atoms with Crippen LogP contribution in [0.25, 0.3) is 0 Å². The van der Waals surface area contributed by atoms with Crippen LogP contribution in [0.15, 0.2) is 12.1 Å². The molecule has 1 aromatic carbocycles. The van der Waals surface area contributed by atoms with E-state index in [0.29, 0.717) is 24.7 Å². The highest BCUT2D eigenvalue weighted by Gasteiger charge is 2.15. The SMILES string of the molecule is COCCOc1ccc(C(N)=O)c(N)c1OC. The van der Waals surface area contributed by atoms with Gasteiger partial charge in [-0.2, -0.15) is 0 Å². The van der Waals surface area contributed by atoms with Gasteiger partial charge in [-0.3, -0.25) is 4.79 Å². The van der Waals surface area contributed by atoms with Crippen molar-refractivity contribution in [3.8, 4) is 11.5 Å². The molecule has 94 valence electrons. The zero-order chi connectivity index (χ0) is 12.8. The first-order chi connectivity index (χ1) is 8.11. The number of rotatable bonds is 6. The van der Waals surface area contributed by atoms with Gasteiger partial charge in [0.05, 0.1) is 25.0 Å². The number of carbonyl (C=O) groups excluding carboxylic acids is 1. The number of nitrogens with two attached hydrogens (primary N) is 2. The summed E-state index contributed by atoms with van der Waals surface area (Å²) in [5, 5.41) is 0. The maximum absolute atomic E-state index is 11.1. The molecule has 1 amide bonds. The van der Waals surface area contributed by atoms with Crippen molar-refractivity contribution in [3.05, 3.63) is 17.7 Å². The maximum Gasteiger partial charge on any atom is 0.250 e. The lowest BCUT2D eigenvalue weighted by molar-refractivity contribution is 0.100. The molecule has 0 atom stereocenters. The van der Waals surface area contributed by atoms with E-state index >= 15 is 0 Å². The molecular formula is C11H16N2O4. The number of carbonyl (C=O) groups is 1. The van der Waals surface area contributed by atoms with E-state index in [0.717, 1.165) is 0 Å². The first-order valence-electron chi connectivity index (χ1n) is 4.99. The Morgan fingerprint density at radius 2 is 2.00 bits per heavy atom. The largest absolute Gasteiger partial charge is 0.491 e. The minimum atomic E-state index is -0.607. The van der Waals surface area contributed by atoms with E-state index in [9.17, 15) is 4.79 Å². The van der Waals surface area contributed by atoms with Gasteiger partial charge in [-0.25, -0.2) is 0 Å². The van der Waals surface area contributed by atoms with Crippen LogP contribution in [0.2, 0.25) is 0 Å². The third-order valence-electron chi connectivity index (χ3n) is 2.17. The number of methoxy groups -OCH3 is 2. The number of anilines is 1. The molecular weight excluding hydrogens is 224 g/mol. The van der Waals surface area contributed by atoms with Gasteiger partial charge in [0, 0.05) is 7.11 Å². The van der Waals surface area contributed by atoms with Crippen molar-refractivity contribution in [2.24, 2.45) is 5.73 Å². The summed E-state index contributed by atoms with van der Waals surface area (Å²) in [4.78, 5) is 11.1. The molecule has 0 saturated heterocycles. The number of hydrogen-bond acceptors (Lipinski definition) is 5. The number of primary amides is 1. The summed E-state index contributed by atoms with van der Waals surface area (Å²) in [6.07, 6.45) is 0. The van der Waals surface area contributed by atoms with Gasteiger partial charge in [0.2, 0.25) is 0 Å². The van der Waals surface area contributed by atoms with Gasteiger partial charge >= 0.3 is 0 Å². The van der Waals surface area contributed by atoms with Gasteiger partial charge in [0.1, 0.15) is 6.61 Å². The van der Waals surface area contributed by atoms with Crippen molar-refractivity contribution in [1.29, 1.82) is 0 Å². The van der Waals surface area contributed by atoms with Crippen LogP contribution < -0.4 is 20.9 Å². The fourth-order valence-electron chi connectivity index (χ4n) is 1.35. The summed E-state index contributed by atoms with van der Waals surface area (Å²) in [5.74, 6) is 0.147. The molecule has 17 heavy (non-hydrogen) atoms. The van der Waals surface area contributed by atoms with Gasteiger partial charge in [0.25, 0.3) is 5.91 Å². The Bertz CT molecular complexity index is 407. The lowest BCUT2D eigenvalue weighted by atomic mass is 10.1. The minimum Gasteiger partial charge on any atom is -0.491 e. The van der Waals surface area contributed by atoms with Crippen LogP contribution in [-0.2, 0) is 4.74 Å². The summed E-state index contributed by atoms with van der Waals surface area (Å²) in [6, 6.07) is 3.09. The van der Waals surface area contributed by atoms with Gasteiger partial charge in [-0.05, 0) is 12.1 Å². The topological polar surface area (TPSA) is 96.8 Å². The molecule has 0 aromatic heterocycles. The third kappa shape index (κ3) is 3.01. The predicted octanol–water partition coefficient (Wildman–Crippen LogP) is 0.402. The molecule has 0 bridgehead atoms. The maximum atomic E-state index is 11.1. The highest BCUT2D eigenvalue weighted by molar-refractivity contribution is 5.99. The van der Waals surface area contributed by atoms with Gasteiger partial charge in [-0.15, -0.1) is 0 Å². The van der Waals surface area contributed by atoms with E-state index in [-0.39, 0.29) is 11.3 Å². The number of ether oxygens (including phenoxy) is 3. The Morgan fingerprint density at radius 1 is 1.29 bits per heavy atom. The van der Waals surface area contributed by atoms with Crippen molar-refractivity contribution in [1.82, 2.24) is 0 Å². The Hall–Kier alpha value is -1.95. The lowest BCUT2D eigenvalue weighted by Gasteiger charge is -2.14. The number of amides is 1. The third-order valence-corrected chi connectivity index (χ3v) is 2.17. The highest BCUT2D eigenvalue weighted by Crippen LogP contribution is 2.35. The standard InChI is InChI=1S/C11H16N2O4/c1-15-5-6-17-8-4-3-7(11(13)14)9(12)10(8)16-2/h3-4H,5-6,12H2,1-2H3,(H2,13,14). The van der Waals surface area contributed by atoms with Crippen molar-refractivity contribution >= 4 is 11.6 Å². The Labute approximate surface area is 99.4 Å². The molecule has 0 fully saturated rings. The van der Waals surface area contributed by atoms with Crippen LogP contribution in [0, 0.1) is 0 Å². The zero-order valence-electron chi connectivity index (χ0n) is 9.86. The second-order valence-electron chi connectivity index (χ2n) is 3.26. The van der Waals surface area contributed by atoms with E-state index in [1.807, 2.05) is 0 Å². The molecule has 0 aliphatic carbocycles. The smallest absolute Gasteiger partial charge is 0.250 e. The first-order valence-corrected chi connectivity index (χ1v) is 4.99. The van der Waals surface area contributed by atoms with Gasteiger partial charge < -0.3 is 25.7 Å². The van der Waals surface area contributed by atoms with E-state index in [4.69, 9.17) is 25.7 Å². The van der Waals surface area contributed by atoms with Crippen LogP contribution in [-0.4, -0.2) is 33.3 Å². The van der Waals surface area contributed by atoms with E-state index in [1.165, 1.54) is 13.2 Å². The van der Waals surface area contributed by atoms with E-state index < -0.39 is 5.91 Å². The van der Waals surface area contributed by atoms with Crippen molar-refractivity contribution in [3.63, 3.8) is 0 Å². The molecule has 0 unspecified atom stereocenters. The average Bonchev–Trinajstić information content (AvgIpc) is 2.29. The second-order valence-corrected chi connectivity index (χ2v) is 3.26. The second kappa shape index (κ2) is 5.95. The monoisotopic (exact) mass is 240 g/mol. The first kappa shape index (κ1) is 13.1. The number of nitrogen functional groups attached to an aromatic ring is 1. The van der Waals surface area contributed by atoms with E-state index in [2.05, 4.69) is 0 Å². The number of benzene rings is 1. The van der Waals surface area contributed by atoms with Crippen LogP contribution in [0.5, 0.6) is 11.5 Å². The summed E-state index contributed by atoms with van der Waals surface area (Å²) in [5.41, 5.74) is 11.3. The Morgan fingerprint density at radius 3 is 2.53 bits per heavy atom. The molecule has 6 heteroatoms. The highest BCUT2D eigenvalue weighted by atomic mass is 16.5. The summed E-state index contributed by atoms with van der Waals surface area (Å²) in [7, 11) is 3.02. The molecule has 1 aromatic rings. The quantitative estimate of drug-likeness (QED) is 0.554.